The summed E-state index contributed by atoms with van der Waals surface area (Å²) in [5, 5.41) is 20.1. The lowest BCUT2D eigenvalue weighted by molar-refractivity contribution is -0.479. The average Bonchev–Trinajstić information content (AvgIpc) is 3.23. The second-order valence-corrected chi connectivity index (χ2v) is 9.52. The van der Waals surface area contributed by atoms with E-state index >= 15 is 0 Å². The van der Waals surface area contributed by atoms with E-state index in [1.54, 1.807) is 36.4 Å². The zero-order valence-corrected chi connectivity index (χ0v) is 21.6. The van der Waals surface area contributed by atoms with Crippen LogP contribution in [0.4, 0.5) is 4.39 Å². The Labute approximate surface area is 218 Å². The Bertz CT molecular complexity index is 1390. The van der Waals surface area contributed by atoms with Crippen LogP contribution in [0.2, 0.25) is 0 Å². The van der Waals surface area contributed by atoms with Crippen molar-refractivity contribution in [2.24, 2.45) is 0 Å². The van der Waals surface area contributed by atoms with Crippen molar-refractivity contribution in [3.8, 4) is 17.2 Å². The highest BCUT2D eigenvalue weighted by atomic mass is 32.2. The number of aromatic nitrogens is 3. The van der Waals surface area contributed by atoms with Gasteiger partial charge in [0.2, 0.25) is 6.54 Å². The average molecular weight is 523 g/mol. The molecule has 0 aliphatic heterocycles. The number of hydrogen-bond acceptors (Lipinski definition) is 7. The van der Waals surface area contributed by atoms with E-state index in [-0.39, 0.29) is 23.9 Å². The van der Waals surface area contributed by atoms with Gasteiger partial charge in [0, 0.05) is 16.2 Å². The number of aryl methyl sites for hydroxylation is 2. The number of ether oxygens (including phenoxy) is 2. The molecule has 0 spiro atoms. The van der Waals surface area contributed by atoms with Crippen molar-refractivity contribution in [1.82, 2.24) is 14.8 Å². The lowest BCUT2D eigenvalue weighted by Crippen LogP contribution is -2.12. The normalized spacial score (nSPS) is 11.8. The fourth-order valence-electron chi connectivity index (χ4n) is 3.84. The first-order valence-corrected chi connectivity index (χ1v) is 12.6. The van der Waals surface area contributed by atoms with Gasteiger partial charge in [-0.05, 0) is 62.2 Å². The summed E-state index contributed by atoms with van der Waals surface area (Å²) in [5.41, 5.74) is 3.06. The second-order valence-electron chi connectivity index (χ2n) is 8.35. The molecule has 0 saturated carbocycles. The first-order valence-electron chi connectivity index (χ1n) is 11.8. The summed E-state index contributed by atoms with van der Waals surface area (Å²) in [5.74, 6) is 1.19. The summed E-state index contributed by atoms with van der Waals surface area (Å²) < 4.78 is 27.5. The van der Waals surface area contributed by atoms with E-state index < -0.39 is 5.25 Å². The van der Waals surface area contributed by atoms with Gasteiger partial charge in [-0.2, -0.15) is 0 Å². The molecule has 1 heterocycles. The zero-order valence-electron chi connectivity index (χ0n) is 20.8. The Hall–Kier alpha value is -3.92. The van der Waals surface area contributed by atoms with Crippen LogP contribution in [0.5, 0.6) is 11.5 Å². The molecule has 0 fully saturated rings. The molecule has 0 aliphatic carbocycles. The summed E-state index contributed by atoms with van der Waals surface area (Å²) in [6, 6.07) is 19.5. The molecule has 10 heteroatoms. The van der Waals surface area contributed by atoms with Gasteiger partial charge in [-0.1, -0.05) is 48.2 Å². The van der Waals surface area contributed by atoms with Crippen molar-refractivity contribution >= 4 is 11.8 Å². The minimum atomic E-state index is -0.568. The maximum absolute atomic E-state index is 14.0. The maximum Gasteiger partial charge on any atom is 0.220 e. The largest absolute Gasteiger partial charge is 0.490 e. The highest BCUT2D eigenvalue weighted by Gasteiger charge is 2.25. The van der Waals surface area contributed by atoms with Gasteiger partial charge in [0.05, 0.1) is 6.61 Å². The minimum Gasteiger partial charge on any atom is -0.490 e. The SMILES string of the molecule is CCOc1cc([C@@H](C[N+](=O)[O-])Sc2nnc(C)n2-c2cccc(C)c2)ccc1OCc1ccccc1F. The van der Waals surface area contributed by atoms with Crippen LogP contribution >= 0.6 is 11.8 Å². The first-order chi connectivity index (χ1) is 17.9. The summed E-state index contributed by atoms with van der Waals surface area (Å²) in [4.78, 5) is 11.3. The summed E-state index contributed by atoms with van der Waals surface area (Å²) >= 11 is 1.26. The van der Waals surface area contributed by atoms with Crippen LogP contribution in [0.25, 0.3) is 5.69 Å². The van der Waals surface area contributed by atoms with Gasteiger partial charge >= 0.3 is 0 Å². The summed E-state index contributed by atoms with van der Waals surface area (Å²) in [7, 11) is 0. The fraction of sp³-hybridized carbons (Fsp3) is 0.259. The van der Waals surface area contributed by atoms with Gasteiger partial charge in [0.15, 0.2) is 16.7 Å². The molecule has 1 atom stereocenters. The Morgan fingerprint density at radius 2 is 1.84 bits per heavy atom. The van der Waals surface area contributed by atoms with E-state index in [0.29, 0.717) is 40.2 Å². The third-order valence-electron chi connectivity index (χ3n) is 5.60. The van der Waals surface area contributed by atoms with E-state index in [4.69, 9.17) is 9.47 Å². The molecule has 0 radical (unpaired) electrons. The second kappa shape index (κ2) is 11.9. The number of thioether (sulfide) groups is 1. The Morgan fingerprint density at radius 3 is 2.57 bits per heavy atom. The van der Waals surface area contributed by atoms with E-state index in [9.17, 15) is 14.5 Å². The third kappa shape index (κ3) is 6.45. The van der Waals surface area contributed by atoms with Crippen molar-refractivity contribution in [1.29, 1.82) is 0 Å². The number of hydrogen-bond donors (Lipinski definition) is 0. The van der Waals surface area contributed by atoms with E-state index in [2.05, 4.69) is 10.2 Å². The van der Waals surface area contributed by atoms with E-state index in [0.717, 1.165) is 11.3 Å². The smallest absolute Gasteiger partial charge is 0.220 e. The number of halogens is 1. The predicted molar refractivity (Wildman–Crippen MR) is 140 cm³/mol. The molecule has 4 rings (SSSR count). The van der Waals surface area contributed by atoms with Gasteiger partial charge in [0.25, 0.3) is 0 Å². The molecule has 8 nitrogen and oxygen atoms in total. The summed E-state index contributed by atoms with van der Waals surface area (Å²) in [6.45, 7) is 5.74. The Kier molecular flexibility index (Phi) is 8.39. The van der Waals surface area contributed by atoms with Crippen molar-refractivity contribution in [3.63, 3.8) is 0 Å². The number of benzene rings is 3. The maximum atomic E-state index is 14.0. The topological polar surface area (TPSA) is 92.3 Å². The minimum absolute atomic E-state index is 0.0258. The molecular formula is C27H27FN4O4S. The monoisotopic (exact) mass is 522 g/mol. The van der Waals surface area contributed by atoms with Crippen LogP contribution in [0.15, 0.2) is 71.9 Å². The van der Waals surface area contributed by atoms with Crippen LogP contribution < -0.4 is 9.47 Å². The van der Waals surface area contributed by atoms with Gasteiger partial charge in [0.1, 0.15) is 23.5 Å². The standard InChI is InChI=1S/C27H27FN4O4S/c1-4-35-25-15-20(12-13-24(25)36-17-21-9-5-6-11-23(21)28)26(16-31(33)34)37-27-30-29-19(3)32(27)22-10-7-8-18(2)14-22/h5-15,26H,4,16-17H2,1-3H3/t26-/m1/s1. The van der Waals surface area contributed by atoms with Crippen molar-refractivity contribution < 1.29 is 18.8 Å². The molecular weight excluding hydrogens is 495 g/mol. The van der Waals surface area contributed by atoms with Crippen LogP contribution in [-0.2, 0) is 6.61 Å². The summed E-state index contributed by atoms with van der Waals surface area (Å²) in [6.07, 6.45) is 0. The first kappa shape index (κ1) is 26.2. The number of nitrogens with zero attached hydrogens (tertiary/aromatic N) is 4. The van der Waals surface area contributed by atoms with Gasteiger partial charge in [-0.25, -0.2) is 4.39 Å². The molecule has 0 unspecified atom stereocenters. The molecule has 3 aromatic carbocycles. The van der Waals surface area contributed by atoms with Gasteiger partial charge in [-0.3, -0.25) is 14.7 Å². The van der Waals surface area contributed by atoms with Crippen LogP contribution in [-0.4, -0.2) is 32.8 Å². The van der Waals surface area contributed by atoms with E-state index in [1.165, 1.54) is 17.8 Å². The Morgan fingerprint density at radius 1 is 1.03 bits per heavy atom. The van der Waals surface area contributed by atoms with Crippen LogP contribution in [0.1, 0.15) is 34.7 Å². The molecule has 0 bridgehead atoms. The predicted octanol–water partition coefficient (Wildman–Crippen LogP) is 6.11. The zero-order chi connectivity index (χ0) is 26.4. The number of rotatable bonds is 11. The molecule has 0 N–H and O–H groups in total. The molecule has 37 heavy (non-hydrogen) atoms. The van der Waals surface area contributed by atoms with Crippen molar-refractivity contribution in [2.75, 3.05) is 13.2 Å². The molecule has 0 aliphatic rings. The lowest BCUT2D eigenvalue weighted by Gasteiger charge is -2.17. The molecule has 0 saturated heterocycles. The van der Waals surface area contributed by atoms with Crippen molar-refractivity contribution in [2.45, 2.75) is 37.8 Å². The highest BCUT2D eigenvalue weighted by molar-refractivity contribution is 7.99. The lowest BCUT2D eigenvalue weighted by atomic mass is 10.1. The Balaban J connectivity index is 1.63. The number of nitro groups is 1. The molecule has 1 aromatic heterocycles. The van der Waals surface area contributed by atoms with Gasteiger partial charge < -0.3 is 9.47 Å². The molecule has 0 amide bonds. The van der Waals surface area contributed by atoms with E-state index in [1.807, 2.05) is 49.6 Å². The van der Waals surface area contributed by atoms with Crippen LogP contribution in [0.3, 0.4) is 0 Å². The quantitative estimate of drug-likeness (QED) is 0.133. The van der Waals surface area contributed by atoms with Crippen molar-refractivity contribution in [3.05, 3.63) is 105 Å². The van der Waals surface area contributed by atoms with Crippen LogP contribution in [0, 0.1) is 29.8 Å². The van der Waals surface area contributed by atoms with Gasteiger partial charge in [-0.15, -0.1) is 10.2 Å². The third-order valence-corrected chi connectivity index (χ3v) is 6.78. The molecule has 4 aromatic rings. The molecule has 192 valence electrons. The fourth-order valence-corrected chi connectivity index (χ4v) is 5.00. The highest BCUT2D eigenvalue weighted by Crippen LogP contribution is 2.39.